The predicted octanol–water partition coefficient (Wildman–Crippen LogP) is 3.99. The van der Waals surface area contributed by atoms with Crippen molar-refractivity contribution in [1.82, 2.24) is 0 Å². The molecule has 0 unspecified atom stereocenters. The van der Waals surface area contributed by atoms with Crippen LogP contribution in [0.4, 0.5) is 0 Å². The molecule has 0 aliphatic rings. The summed E-state index contributed by atoms with van der Waals surface area (Å²) in [5, 5.41) is 0. The summed E-state index contributed by atoms with van der Waals surface area (Å²) in [5.41, 5.74) is 1.36. The van der Waals surface area contributed by atoms with Crippen LogP contribution < -0.4 is 4.74 Å². The molecule has 0 saturated heterocycles. The quantitative estimate of drug-likeness (QED) is 0.727. The van der Waals surface area contributed by atoms with Crippen LogP contribution >= 0.6 is 12.7 Å². The van der Waals surface area contributed by atoms with Crippen LogP contribution in [0.15, 0.2) is 54.6 Å². The predicted molar refractivity (Wildman–Crippen MR) is 71.3 cm³/mol. The van der Waals surface area contributed by atoms with E-state index in [1.54, 1.807) is 0 Å². The molecule has 0 atom stereocenters. The molecule has 0 fully saturated rings. The number of hydrogen-bond donors (Lipinski definition) is 0. The fraction of sp³-hybridized carbons (Fsp3) is 0.0769. The van der Waals surface area contributed by atoms with Gasteiger partial charge in [-0.25, -0.2) is 0 Å². The summed E-state index contributed by atoms with van der Waals surface area (Å²) in [5.74, 6) is 1.81. The van der Waals surface area contributed by atoms with Crippen molar-refractivity contribution in [3.05, 3.63) is 60.2 Å². The molecular formula is C13H11BrOSn. The summed E-state index contributed by atoms with van der Waals surface area (Å²) in [6, 6.07) is 18.2. The molecule has 0 saturated carbocycles. The Morgan fingerprint density at radius 3 is 2.44 bits per heavy atom. The van der Waals surface area contributed by atoms with Gasteiger partial charge in [0.2, 0.25) is 0 Å². The van der Waals surface area contributed by atoms with E-state index in [-0.39, 0.29) is 18.9 Å². The molecule has 0 aromatic heterocycles. The average molecular weight is 382 g/mol. The van der Waals surface area contributed by atoms with Gasteiger partial charge in [0.05, 0.1) is 0 Å². The second-order valence-electron chi connectivity index (χ2n) is 3.37. The standard InChI is InChI=1S/C13H11O.BrH.Sn/c1-11-6-5-9-13(10-11)14-12-7-3-2-4-8-12;;/h2-10H,1H2;1H;/q;;+1/p-1. The summed E-state index contributed by atoms with van der Waals surface area (Å²) in [4.78, 5) is 0. The van der Waals surface area contributed by atoms with E-state index in [9.17, 15) is 0 Å². The van der Waals surface area contributed by atoms with E-state index in [1.165, 1.54) is 10.0 Å². The van der Waals surface area contributed by atoms with Gasteiger partial charge in [0.1, 0.15) is 0 Å². The van der Waals surface area contributed by atoms with Crippen LogP contribution in [0.1, 0.15) is 5.56 Å². The molecule has 2 rings (SSSR count). The molecular weight excluding hydrogens is 371 g/mol. The SMILES string of the molecule is [Br][Sn][CH2]c1cccc(Oc2ccccc2)c1. The third-order valence-electron chi connectivity index (χ3n) is 2.15. The van der Waals surface area contributed by atoms with Gasteiger partial charge in [0, 0.05) is 0 Å². The van der Waals surface area contributed by atoms with Gasteiger partial charge in [0.15, 0.2) is 0 Å². The van der Waals surface area contributed by atoms with E-state index in [0.717, 1.165) is 11.5 Å². The Hall–Kier alpha value is -0.481. The molecule has 0 aliphatic heterocycles. The summed E-state index contributed by atoms with van der Waals surface area (Å²) in [6.07, 6.45) is 0. The van der Waals surface area contributed by atoms with Crippen molar-refractivity contribution in [2.45, 2.75) is 4.44 Å². The maximum atomic E-state index is 5.77. The van der Waals surface area contributed by atoms with E-state index >= 15 is 0 Å². The molecule has 0 heterocycles. The van der Waals surface area contributed by atoms with Gasteiger partial charge in [-0.15, -0.1) is 0 Å². The molecule has 0 bridgehead atoms. The van der Waals surface area contributed by atoms with Gasteiger partial charge in [0.25, 0.3) is 0 Å². The van der Waals surface area contributed by atoms with Crippen molar-refractivity contribution in [1.29, 1.82) is 0 Å². The van der Waals surface area contributed by atoms with Gasteiger partial charge in [-0.2, -0.15) is 0 Å². The van der Waals surface area contributed by atoms with Crippen LogP contribution in [0.2, 0.25) is 0 Å². The number of halogens is 1. The van der Waals surface area contributed by atoms with Crippen LogP contribution in [0.25, 0.3) is 0 Å². The number of para-hydroxylation sites is 1. The third-order valence-corrected chi connectivity index (χ3v) is 5.58. The molecule has 1 nitrogen and oxygen atoms in total. The molecule has 2 aromatic rings. The number of rotatable bonds is 4. The Balaban J connectivity index is 2.12. The molecule has 0 spiro atoms. The third kappa shape index (κ3) is 3.52. The van der Waals surface area contributed by atoms with Gasteiger partial charge < -0.3 is 0 Å². The van der Waals surface area contributed by atoms with Gasteiger partial charge >= 0.3 is 112 Å². The Morgan fingerprint density at radius 2 is 1.69 bits per heavy atom. The van der Waals surface area contributed by atoms with Gasteiger partial charge in [-0.3, -0.25) is 0 Å². The monoisotopic (exact) mass is 382 g/mol. The minimum absolute atomic E-state index is 0.357. The topological polar surface area (TPSA) is 9.23 Å². The van der Waals surface area contributed by atoms with E-state index in [2.05, 4.69) is 30.9 Å². The molecule has 2 aromatic carbocycles. The van der Waals surface area contributed by atoms with Crippen molar-refractivity contribution in [3.8, 4) is 11.5 Å². The number of hydrogen-bond acceptors (Lipinski definition) is 1. The normalized spacial score (nSPS) is 10.1. The van der Waals surface area contributed by atoms with E-state index in [0.29, 0.717) is 0 Å². The average Bonchev–Trinajstić information content (AvgIpc) is 2.31. The Labute approximate surface area is 112 Å². The first-order chi connectivity index (χ1) is 7.88. The molecule has 0 N–H and O–H groups in total. The first-order valence-electron chi connectivity index (χ1n) is 5.04. The number of ether oxygens (including phenoxy) is 1. The summed E-state index contributed by atoms with van der Waals surface area (Å²) >= 11 is 3.25. The molecule has 3 heteroatoms. The molecule has 16 heavy (non-hydrogen) atoms. The minimum atomic E-state index is -0.357. The molecule has 80 valence electrons. The summed E-state index contributed by atoms with van der Waals surface area (Å²) in [7, 11) is 0. The van der Waals surface area contributed by atoms with Crippen molar-refractivity contribution in [2.75, 3.05) is 0 Å². The van der Waals surface area contributed by atoms with E-state index in [4.69, 9.17) is 4.74 Å². The zero-order chi connectivity index (χ0) is 11.2. The van der Waals surface area contributed by atoms with Crippen molar-refractivity contribution >= 4 is 31.6 Å². The van der Waals surface area contributed by atoms with E-state index < -0.39 is 0 Å². The molecule has 2 radical (unpaired) electrons. The number of benzene rings is 2. The Bertz CT molecular complexity index is 445. The van der Waals surface area contributed by atoms with Gasteiger partial charge in [-0.05, 0) is 0 Å². The van der Waals surface area contributed by atoms with Crippen LogP contribution in [0.5, 0.6) is 11.5 Å². The first kappa shape index (κ1) is 12.0. The maximum absolute atomic E-state index is 5.77. The van der Waals surface area contributed by atoms with Crippen molar-refractivity contribution < 1.29 is 4.74 Å². The summed E-state index contributed by atoms with van der Waals surface area (Å²) in [6.45, 7) is 0. The Morgan fingerprint density at radius 1 is 0.938 bits per heavy atom. The molecule has 0 amide bonds. The van der Waals surface area contributed by atoms with Crippen LogP contribution in [0, 0.1) is 0 Å². The Kier molecular flexibility index (Phi) is 4.72. The van der Waals surface area contributed by atoms with Crippen LogP contribution in [0.3, 0.4) is 0 Å². The second kappa shape index (κ2) is 6.30. The summed E-state index contributed by atoms with van der Waals surface area (Å²) < 4.78 is 6.96. The zero-order valence-corrected chi connectivity index (χ0v) is 13.1. The van der Waals surface area contributed by atoms with Crippen LogP contribution in [-0.4, -0.2) is 18.9 Å². The van der Waals surface area contributed by atoms with E-state index in [1.807, 2.05) is 36.4 Å². The molecule has 0 aliphatic carbocycles. The zero-order valence-electron chi connectivity index (χ0n) is 8.69. The van der Waals surface area contributed by atoms with Crippen molar-refractivity contribution in [3.63, 3.8) is 0 Å². The first-order valence-corrected chi connectivity index (χ1v) is 13.5. The fourth-order valence-electron chi connectivity index (χ4n) is 1.42. The van der Waals surface area contributed by atoms with Crippen LogP contribution in [-0.2, 0) is 4.44 Å². The second-order valence-corrected chi connectivity index (χ2v) is 8.91. The fourth-order valence-corrected chi connectivity index (χ4v) is 4.66. The van der Waals surface area contributed by atoms with Gasteiger partial charge in [-0.1, -0.05) is 0 Å². The van der Waals surface area contributed by atoms with Crippen molar-refractivity contribution in [2.24, 2.45) is 0 Å².